The maximum absolute atomic E-state index is 5.65. The minimum Gasteiger partial charge on any atom is -0.374 e. The molecule has 0 aromatic carbocycles. The highest BCUT2D eigenvalue weighted by Gasteiger charge is 2.16. The van der Waals surface area contributed by atoms with E-state index < -0.39 is 0 Å². The highest BCUT2D eigenvalue weighted by Crippen LogP contribution is 2.02. The van der Waals surface area contributed by atoms with Crippen molar-refractivity contribution < 1.29 is 4.74 Å². The lowest BCUT2D eigenvalue weighted by Gasteiger charge is -2.30. The molecule has 14 heavy (non-hydrogen) atoms. The Bertz CT molecular complexity index is 150. The van der Waals surface area contributed by atoms with Gasteiger partial charge in [-0.15, -0.1) is 0 Å². The van der Waals surface area contributed by atoms with Crippen LogP contribution < -0.4 is 5.32 Å². The van der Waals surface area contributed by atoms with Crippen molar-refractivity contribution in [2.24, 2.45) is 5.92 Å². The molecule has 1 N–H and O–H groups in total. The summed E-state index contributed by atoms with van der Waals surface area (Å²) in [5, 5.41) is 3.46. The van der Waals surface area contributed by atoms with E-state index >= 15 is 0 Å². The SMILES string of the molecule is CC(C)CCNC[C@H]1CN(C)CCO1. The van der Waals surface area contributed by atoms with Gasteiger partial charge in [0, 0.05) is 19.6 Å². The summed E-state index contributed by atoms with van der Waals surface area (Å²) in [5.74, 6) is 0.789. The zero-order valence-corrected chi connectivity index (χ0v) is 9.75. The number of nitrogens with zero attached hydrogens (tertiary/aromatic N) is 1. The second-order valence-corrected chi connectivity index (χ2v) is 4.64. The Morgan fingerprint density at radius 3 is 2.93 bits per heavy atom. The minimum atomic E-state index is 0.390. The van der Waals surface area contributed by atoms with Gasteiger partial charge in [0.2, 0.25) is 0 Å². The molecule has 1 rings (SSSR count). The van der Waals surface area contributed by atoms with Crippen molar-refractivity contribution in [2.45, 2.75) is 26.4 Å². The lowest BCUT2D eigenvalue weighted by atomic mass is 10.1. The number of hydrogen-bond acceptors (Lipinski definition) is 3. The van der Waals surface area contributed by atoms with E-state index in [-0.39, 0.29) is 0 Å². The molecular formula is C11H24N2O. The fraction of sp³-hybridized carbons (Fsp3) is 1.00. The summed E-state index contributed by atoms with van der Waals surface area (Å²) in [7, 11) is 2.16. The predicted octanol–water partition coefficient (Wildman–Crippen LogP) is 0.953. The summed E-state index contributed by atoms with van der Waals surface area (Å²) in [6.07, 6.45) is 1.64. The molecule has 3 heteroatoms. The summed E-state index contributed by atoms with van der Waals surface area (Å²) < 4.78 is 5.65. The third-order valence-corrected chi connectivity index (χ3v) is 2.61. The molecule has 0 bridgehead atoms. The lowest BCUT2D eigenvalue weighted by Crippen LogP contribution is -2.45. The van der Waals surface area contributed by atoms with E-state index in [0.717, 1.165) is 38.7 Å². The molecule has 1 fully saturated rings. The van der Waals surface area contributed by atoms with Crippen LogP contribution in [0.1, 0.15) is 20.3 Å². The quantitative estimate of drug-likeness (QED) is 0.669. The van der Waals surface area contributed by atoms with Crippen LogP contribution in [0.4, 0.5) is 0 Å². The topological polar surface area (TPSA) is 24.5 Å². The van der Waals surface area contributed by atoms with Crippen molar-refractivity contribution in [3.63, 3.8) is 0 Å². The van der Waals surface area contributed by atoms with Gasteiger partial charge in [0.1, 0.15) is 0 Å². The Kier molecular flexibility index (Phi) is 5.45. The van der Waals surface area contributed by atoms with Crippen LogP contribution in [-0.4, -0.2) is 50.8 Å². The average Bonchev–Trinajstić information content (AvgIpc) is 2.12. The molecule has 1 heterocycles. The predicted molar refractivity (Wildman–Crippen MR) is 59.6 cm³/mol. The van der Waals surface area contributed by atoms with E-state index in [1.165, 1.54) is 6.42 Å². The van der Waals surface area contributed by atoms with E-state index in [9.17, 15) is 0 Å². The number of ether oxygens (including phenoxy) is 1. The van der Waals surface area contributed by atoms with Crippen molar-refractivity contribution in [1.29, 1.82) is 0 Å². The molecule has 0 aromatic rings. The highest BCUT2D eigenvalue weighted by molar-refractivity contribution is 4.70. The molecule has 1 atom stereocenters. The van der Waals surface area contributed by atoms with E-state index in [1.807, 2.05) is 0 Å². The maximum Gasteiger partial charge on any atom is 0.0826 e. The fourth-order valence-electron chi connectivity index (χ4n) is 1.64. The van der Waals surface area contributed by atoms with Gasteiger partial charge in [0.05, 0.1) is 12.7 Å². The Morgan fingerprint density at radius 2 is 2.29 bits per heavy atom. The summed E-state index contributed by atoms with van der Waals surface area (Å²) >= 11 is 0. The molecule has 0 spiro atoms. The highest BCUT2D eigenvalue weighted by atomic mass is 16.5. The second kappa shape index (κ2) is 6.38. The van der Waals surface area contributed by atoms with Crippen LogP contribution in [0.15, 0.2) is 0 Å². The summed E-state index contributed by atoms with van der Waals surface area (Å²) in [5.41, 5.74) is 0. The van der Waals surface area contributed by atoms with Gasteiger partial charge in [-0.2, -0.15) is 0 Å². The van der Waals surface area contributed by atoms with E-state index in [1.54, 1.807) is 0 Å². The molecule has 3 nitrogen and oxygen atoms in total. The molecule has 84 valence electrons. The first-order chi connectivity index (χ1) is 6.68. The van der Waals surface area contributed by atoms with Crippen LogP contribution in [0.2, 0.25) is 0 Å². The molecule has 1 saturated heterocycles. The van der Waals surface area contributed by atoms with Crippen molar-refractivity contribution >= 4 is 0 Å². The first-order valence-electron chi connectivity index (χ1n) is 5.69. The lowest BCUT2D eigenvalue weighted by molar-refractivity contribution is -0.0180. The average molecular weight is 200 g/mol. The molecule has 1 aliphatic rings. The van der Waals surface area contributed by atoms with Crippen LogP contribution in [0, 0.1) is 5.92 Å². The van der Waals surface area contributed by atoms with Gasteiger partial charge in [0.25, 0.3) is 0 Å². The van der Waals surface area contributed by atoms with Gasteiger partial charge in [0.15, 0.2) is 0 Å². The second-order valence-electron chi connectivity index (χ2n) is 4.64. The van der Waals surface area contributed by atoms with Crippen molar-refractivity contribution in [3.05, 3.63) is 0 Å². The standard InChI is InChI=1S/C11H24N2O/c1-10(2)4-5-12-8-11-9-13(3)6-7-14-11/h10-12H,4-9H2,1-3H3/t11-/m0/s1. The molecule has 0 amide bonds. The third-order valence-electron chi connectivity index (χ3n) is 2.61. The van der Waals surface area contributed by atoms with Crippen LogP contribution in [0.25, 0.3) is 0 Å². The van der Waals surface area contributed by atoms with Crippen LogP contribution in [0.5, 0.6) is 0 Å². The van der Waals surface area contributed by atoms with Gasteiger partial charge in [-0.25, -0.2) is 0 Å². The van der Waals surface area contributed by atoms with Gasteiger partial charge in [-0.05, 0) is 25.9 Å². The molecule has 0 aromatic heterocycles. The Balaban J connectivity index is 2.00. The van der Waals surface area contributed by atoms with E-state index in [0.29, 0.717) is 6.10 Å². The van der Waals surface area contributed by atoms with Gasteiger partial charge in [-0.3, -0.25) is 0 Å². The third kappa shape index (κ3) is 4.94. The Morgan fingerprint density at radius 1 is 1.50 bits per heavy atom. The molecule has 0 saturated carbocycles. The zero-order valence-electron chi connectivity index (χ0n) is 9.75. The first-order valence-corrected chi connectivity index (χ1v) is 5.69. The minimum absolute atomic E-state index is 0.390. The largest absolute Gasteiger partial charge is 0.374 e. The summed E-state index contributed by atoms with van der Waals surface area (Å²) in [6.45, 7) is 9.64. The summed E-state index contributed by atoms with van der Waals surface area (Å²) in [4.78, 5) is 2.33. The summed E-state index contributed by atoms with van der Waals surface area (Å²) in [6, 6.07) is 0. The molecule has 0 unspecified atom stereocenters. The first kappa shape index (κ1) is 12.0. The number of rotatable bonds is 5. The normalized spacial score (nSPS) is 24.4. The molecule has 0 radical (unpaired) electrons. The molecule has 0 aliphatic carbocycles. The van der Waals surface area contributed by atoms with Gasteiger partial charge >= 0.3 is 0 Å². The molecule has 1 aliphatic heterocycles. The zero-order chi connectivity index (χ0) is 10.4. The van der Waals surface area contributed by atoms with Gasteiger partial charge in [-0.1, -0.05) is 13.8 Å². The van der Waals surface area contributed by atoms with Crippen LogP contribution >= 0.6 is 0 Å². The van der Waals surface area contributed by atoms with Crippen molar-refractivity contribution in [3.8, 4) is 0 Å². The van der Waals surface area contributed by atoms with Gasteiger partial charge < -0.3 is 15.0 Å². The van der Waals surface area contributed by atoms with Crippen LogP contribution in [-0.2, 0) is 4.74 Å². The van der Waals surface area contributed by atoms with Crippen LogP contribution in [0.3, 0.4) is 0 Å². The van der Waals surface area contributed by atoms with E-state index in [2.05, 4.69) is 31.1 Å². The smallest absolute Gasteiger partial charge is 0.0826 e. The molecular weight excluding hydrogens is 176 g/mol. The number of likely N-dealkylation sites (N-methyl/N-ethyl adjacent to an activating group) is 1. The van der Waals surface area contributed by atoms with Crippen molar-refractivity contribution in [2.75, 3.05) is 39.8 Å². The fourth-order valence-corrected chi connectivity index (χ4v) is 1.64. The van der Waals surface area contributed by atoms with E-state index in [4.69, 9.17) is 4.74 Å². The Labute approximate surface area is 87.8 Å². The maximum atomic E-state index is 5.65. The van der Waals surface area contributed by atoms with Crippen molar-refractivity contribution in [1.82, 2.24) is 10.2 Å². The number of hydrogen-bond donors (Lipinski definition) is 1. The monoisotopic (exact) mass is 200 g/mol. The number of morpholine rings is 1. The number of nitrogens with one attached hydrogen (secondary N) is 1. The Hall–Kier alpha value is -0.120.